The fraction of sp³-hybridized carbons (Fsp3) is 0. The summed E-state index contributed by atoms with van der Waals surface area (Å²) in [4.78, 5) is 3.96. The molecule has 0 saturated carbocycles. The van der Waals surface area contributed by atoms with Gasteiger partial charge in [-0.2, -0.15) is 0 Å². The normalized spacial score (nSPS) is 10.2. The molecular formula is C11H10FN3. The molecule has 3 nitrogen and oxygen atoms in total. The van der Waals surface area contributed by atoms with Crippen molar-refractivity contribution >= 4 is 11.4 Å². The van der Waals surface area contributed by atoms with Gasteiger partial charge in [-0.15, -0.1) is 0 Å². The number of aromatic nitrogens is 1. The highest BCUT2D eigenvalue weighted by Crippen LogP contribution is 2.29. The topological polar surface area (TPSA) is 64.9 Å². The molecule has 0 aliphatic rings. The average molecular weight is 203 g/mol. The Balaban J connectivity index is 2.60. The summed E-state index contributed by atoms with van der Waals surface area (Å²) in [6.45, 7) is 0. The van der Waals surface area contributed by atoms with Crippen LogP contribution in [0.3, 0.4) is 0 Å². The first-order chi connectivity index (χ1) is 7.18. The number of nitrogens with two attached hydrogens (primary N) is 2. The van der Waals surface area contributed by atoms with E-state index in [1.165, 1.54) is 12.1 Å². The van der Waals surface area contributed by atoms with Gasteiger partial charge >= 0.3 is 0 Å². The third kappa shape index (κ3) is 1.74. The molecule has 0 radical (unpaired) electrons. The highest BCUT2D eigenvalue weighted by Gasteiger charge is 2.06. The van der Waals surface area contributed by atoms with Gasteiger partial charge in [0.15, 0.2) is 0 Å². The molecule has 0 saturated heterocycles. The SMILES string of the molecule is Nc1cc(F)ccc1-c1cnccc1N. The highest BCUT2D eigenvalue weighted by molar-refractivity contribution is 5.83. The van der Waals surface area contributed by atoms with E-state index in [0.717, 1.165) is 5.56 Å². The summed E-state index contributed by atoms with van der Waals surface area (Å²) in [7, 11) is 0. The summed E-state index contributed by atoms with van der Waals surface area (Å²) in [5.41, 5.74) is 13.8. The van der Waals surface area contributed by atoms with Crippen molar-refractivity contribution in [1.29, 1.82) is 0 Å². The second-order valence-corrected chi connectivity index (χ2v) is 3.19. The van der Waals surface area contributed by atoms with Gasteiger partial charge in [-0.05, 0) is 24.3 Å². The monoisotopic (exact) mass is 203 g/mol. The molecule has 2 aromatic rings. The van der Waals surface area contributed by atoms with Crippen LogP contribution in [0.1, 0.15) is 0 Å². The number of benzene rings is 1. The van der Waals surface area contributed by atoms with Crippen LogP contribution >= 0.6 is 0 Å². The zero-order chi connectivity index (χ0) is 10.8. The fourth-order valence-corrected chi connectivity index (χ4v) is 1.41. The van der Waals surface area contributed by atoms with Gasteiger partial charge < -0.3 is 11.5 Å². The van der Waals surface area contributed by atoms with Crippen LogP contribution in [0.5, 0.6) is 0 Å². The quantitative estimate of drug-likeness (QED) is 0.697. The van der Waals surface area contributed by atoms with Gasteiger partial charge in [0.1, 0.15) is 5.82 Å². The summed E-state index contributed by atoms with van der Waals surface area (Å²) in [5.74, 6) is -0.362. The summed E-state index contributed by atoms with van der Waals surface area (Å²) < 4.78 is 12.8. The van der Waals surface area contributed by atoms with Crippen molar-refractivity contribution in [3.8, 4) is 11.1 Å². The van der Waals surface area contributed by atoms with Crippen LogP contribution in [0.4, 0.5) is 15.8 Å². The minimum absolute atomic E-state index is 0.356. The van der Waals surface area contributed by atoms with Gasteiger partial charge in [0.25, 0.3) is 0 Å². The van der Waals surface area contributed by atoms with Crippen LogP contribution in [0.25, 0.3) is 11.1 Å². The first-order valence-corrected chi connectivity index (χ1v) is 4.43. The summed E-state index contributed by atoms with van der Waals surface area (Å²) >= 11 is 0. The second-order valence-electron chi connectivity index (χ2n) is 3.19. The maximum atomic E-state index is 12.8. The molecule has 0 bridgehead atoms. The summed E-state index contributed by atoms with van der Waals surface area (Å²) in [5, 5.41) is 0. The van der Waals surface area contributed by atoms with Crippen LogP contribution in [0.2, 0.25) is 0 Å². The van der Waals surface area contributed by atoms with E-state index in [1.807, 2.05) is 0 Å². The van der Waals surface area contributed by atoms with Gasteiger partial charge in [-0.1, -0.05) is 0 Å². The van der Waals surface area contributed by atoms with Crippen LogP contribution < -0.4 is 11.5 Å². The molecule has 0 atom stereocenters. The van der Waals surface area contributed by atoms with E-state index < -0.39 is 0 Å². The molecule has 1 aromatic heterocycles. The lowest BCUT2D eigenvalue weighted by atomic mass is 10.0. The van der Waals surface area contributed by atoms with Crippen molar-refractivity contribution in [2.24, 2.45) is 0 Å². The molecule has 0 amide bonds. The minimum atomic E-state index is -0.362. The first kappa shape index (κ1) is 9.45. The van der Waals surface area contributed by atoms with Gasteiger partial charge in [-0.25, -0.2) is 4.39 Å². The van der Waals surface area contributed by atoms with E-state index in [1.54, 1.807) is 24.5 Å². The van der Waals surface area contributed by atoms with E-state index in [2.05, 4.69) is 4.98 Å². The predicted molar refractivity (Wildman–Crippen MR) is 58.5 cm³/mol. The molecule has 15 heavy (non-hydrogen) atoms. The van der Waals surface area contributed by atoms with Crippen molar-refractivity contribution < 1.29 is 4.39 Å². The third-order valence-corrected chi connectivity index (χ3v) is 2.16. The van der Waals surface area contributed by atoms with Gasteiger partial charge in [-0.3, -0.25) is 4.98 Å². The molecule has 1 aromatic carbocycles. The van der Waals surface area contributed by atoms with Crippen molar-refractivity contribution in [3.05, 3.63) is 42.5 Å². The van der Waals surface area contributed by atoms with Crippen molar-refractivity contribution in [3.63, 3.8) is 0 Å². The zero-order valence-corrected chi connectivity index (χ0v) is 7.94. The Kier molecular flexibility index (Phi) is 2.25. The fourth-order valence-electron chi connectivity index (χ4n) is 1.41. The standard InChI is InChI=1S/C11H10FN3/c12-7-1-2-8(11(14)5-7)9-6-15-4-3-10(9)13/h1-6H,14H2,(H2,13,15). The van der Waals surface area contributed by atoms with E-state index in [9.17, 15) is 4.39 Å². The molecule has 2 rings (SSSR count). The molecule has 76 valence electrons. The number of nitrogens with zero attached hydrogens (tertiary/aromatic N) is 1. The molecule has 4 heteroatoms. The number of halogens is 1. The second kappa shape index (κ2) is 3.57. The first-order valence-electron chi connectivity index (χ1n) is 4.43. The maximum absolute atomic E-state index is 12.8. The molecule has 0 fully saturated rings. The largest absolute Gasteiger partial charge is 0.398 e. The third-order valence-electron chi connectivity index (χ3n) is 2.16. The minimum Gasteiger partial charge on any atom is -0.398 e. The van der Waals surface area contributed by atoms with Crippen molar-refractivity contribution in [1.82, 2.24) is 4.98 Å². The molecular weight excluding hydrogens is 193 g/mol. The summed E-state index contributed by atoms with van der Waals surface area (Å²) in [6, 6.07) is 5.88. The average Bonchev–Trinajstić information content (AvgIpc) is 2.20. The molecule has 4 N–H and O–H groups in total. The number of rotatable bonds is 1. The van der Waals surface area contributed by atoms with Crippen molar-refractivity contribution in [2.45, 2.75) is 0 Å². The lowest BCUT2D eigenvalue weighted by Gasteiger charge is -2.07. The van der Waals surface area contributed by atoms with Gasteiger partial charge in [0.05, 0.1) is 0 Å². The predicted octanol–water partition coefficient (Wildman–Crippen LogP) is 2.05. The lowest BCUT2D eigenvalue weighted by molar-refractivity contribution is 0.628. The lowest BCUT2D eigenvalue weighted by Crippen LogP contribution is -1.95. The zero-order valence-electron chi connectivity index (χ0n) is 7.94. The van der Waals surface area contributed by atoms with Gasteiger partial charge in [0.2, 0.25) is 0 Å². The van der Waals surface area contributed by atoms with Crippen LogP contribution in [0.15, 0.2) is 36.7 Å². The Labute approximate surface area is 86.6 Å². The van der Waals surface area contributed by atoms with Crippen LogP contribution in [0, 0.1) is 5.82 Å². The van der Waals surface area contributed by atoms with E-state index >= 15 is 0 Å². The molecule has 0 spiro atoms. The number of pyridine rings is 1. The highest BCUT2D eigenvalue weighted by atomic mass is 19.1. The van der Waals surface area contributed by atoms with E-state index in [4.69, 9.17) is 11.5 Å². The van der Waals surface area contributed by atoms with E-state index in [0.29, 0.717) is 16.9 Å². The number of hydrogen-bond acceptors (Lipinski definition) is 3. The number of hydrogen-bond donors (Lipinski definition) is 2. The molecule has 0 unspecified atom stereocenters. The number of anilines is 2. The van der Waals surface area contributed by atoms with Crippen LogP contribution in [-0.2, 0) is 0 Å². The Bertz CT molecular complexity index is 497. The van der Waals surface area contributed by atoms with Crippen LogP contribution in [-0.4, -0.2) is 4.98 Å². The summed E-state index contributed by atoms with van der Waals surface area (Å²) in [6.07, 6.45) is 3.21. The van der Waals surface area contributed by atoms with Gasteiger partial charge in [0, 0.05) is 34.9 Å². The number of nitrogen functional groups attached to an aromatic ring is 2. The van der Waals surface area contributed by atoms with Crippen molar-refractivity contribution in [2.75, 3.05) is 11.5 Å². The Hall–Kier alpha value is -2.10. The molecule has 0 aliphatic carbocycles. The Morgan fingerprint density at radius 3 is 2.47 bits per heavy atom. The van der Waals surface area contributed by atoms with E-state index in [-0.39, 0.29) is 5.82 Å². The smallest absolute Gasteiger partial charge is 0.125 e. The molecule has 1 heterocycles. The Morgan fingerprint density at radius 1 is 1.00 bits per heavy atom. The Morgan fingerprint density at radius 2 is 1.80 bits per heavy atom. The molecule has 0 aliphatic heterocycles. The maximum Gasteiger partial charge on any atom is 0.125 e.